The molecule has 7 heavy (non-hydrogen) atoms. The van der Waals surface area contributed by atoms with Crippen molar-refractivity contribution in [3.63, 3.8) is 0 Å². The summed E-state index contributed by atoms with van der Waals surface area (Å²) in [7, 11) is 0. The van der Waals surface area contributed by atoms with E-state index in [1.807, 2.05) is 0 Å². The van der Waals surface area contributed by atoms with Gasteiger partial charge in [-0.05, 0) is 32.6 Å². The van der Waals surface area contributed by atoms with Crippen molar-refractivity contribution in [3.8, 4) is 0 Å². The lowest BCUT2D eigenvalue weighted by atomic mass is 10.0. The van der Waals surface area contributed by atoms with Crippen molar-refractivity contribution in [2.75, 3.05) is 0 Å². The van der Waals surface area contributed by atoms with Gasteiger partial charge < -0.3 is 0 Å². The maximum atomic E-state index is 2.27. The van der Waals surface area contributed by atoms with Gasteiger partial charge in [0.25, 0.3) is 0 Å². The molecule has 38 valence electrons. The molecule has 0 saturated carbocycles. The molecule has 0 aromatic heterocycles. The van der Waals surface area contributed by atoms with Crippen LogP contribution >= 0.6 is 0 Å². The molecule has 2 radical (unpaired) electrons. The van der Waals surface area contributed by atoms with E-state index < -0.39 is 0 Å². The predicted molar refractivity (Wildman–Crippen MR) is 31.6 cm³/mol. The molecule has 0 aromatic carbocycles. The van der Waals surface area contributed by atoms with Crippen molar-refractivity contribution in [1.29, 1.82) is 0 Å². The Morgan fingerprint density at radius 3 is 2.57 bits per heavy atom. The van der Waals surface area contributed by atoms with Crippen LogP contribution in [0.15, 0.2) is 11.6 Å². The summed E-state index contributed by atoms with van der Waals surface area (Å²) in [6.07, 6.45) is 9.09. The highest BCUT2D eigenvalue weighted by molar-refractivity contribution is 5.16. The summed E-state index contributed by atoms with van der Waals surface area (Å²) in [6.45, 7) is 2.15. The van der Waals surface area contributed by atoms with E-state index in [0.29, 0.717) is 0 Å². The van der Waals surface area contributed by atoms with Gasteiger partial charge in [-0.2, -0.15) is 0 Å². The van der Waals surface area contributed by atoms with E-state index in [4.69, 9.17) is 0 Å². The molecule has 0 spiro atoms. The van der Waals surface area contributed by atoms with Gasteiger partial charge in [-0.3, -0.25) is 0 Å². The van der Waals surface area contributed by atoms with Crippen molar-refractivity contribution in [1.82, 2.24) is 0 Å². The van der Waals surface area contributed by atoms with Crippen LogP contribution in [0.4, 0.5) is 0 Å². The second-order valence-electron chi connectivity index (χ2n) is 1.91. The Morgan fingerprint density at radius 1 is 1.43 bits per heavy atom. The van der Waals surface area contributed by atoms with Gasteiger partial charge in [0.05, 0.1) is 0 Å². The number of allylic oxidation sites excluding steroid dienone is 2. The molecular formula is C7H10. The average molecular weight is 94.2 g/mol. The van der Waals surface area contributed by atoms with Gasteiger partial charge in [-0.1, -0.05) is 11.6 Å². The Morgan fingerprint density at radius 2 is 2.29 bits per heavy atom. The van der Waals surface area contributed by atoms with Crippen LogP contribution < -0.4 is 0 Å². The fourth-order valence-electron chi connectivity index (χ4n) is 0.718. The molecule has 0 amide bonds. The Balaban J connectivity index is 2.40. The largest absolute Gasteiger partial charge is 0.0850 e. The van der Waals surface area contributed by atoms with Crippen molar-refractivity contribution in [2.45, 2.75) is 19.8 Å². The Bertz CT molecular complexity index is 80.0. The minimum atomic E-state index is 1.17. The van der Waals surface area contributed by atoms with Gasteiger partial charge in [0.1, 0.15) is 0 Å². The second kappa shape index (κ2) is 2.15. The van der Waals surface area contributed by atoms with Crippen molar-refractivity contribution in [2.24, 2.45) is 0 Å². The van der Waals surface area contributed by atoms with E-state index in [1.165, 1.54) is 18.4 Å². The molecule has 0 aliphatic heterocycles. The van der Waals surface area contributed by atoms with Crippen LogP contribution in [0.2, 0.25) is 0 Å². The van der Waals surface area contributed by atoms with Crippen LogP contribution in [0.25, 0.3) is 0 Å². The zero-order valence-electron chi connectivity index (χ0n) is 4.65. The SMILES string of the molecule is CC1=CC[CH]C[CH]1. The first kappa shape index (κ1) is 4.89. The first-order valence-electron chi connectivity index (χ1n) is 2.71. The smallest absolute Gasteiger partial charge is 0.0138 e. The number of hydrogen-bond acceptors (Lipinski definition) is 0. The molecule has 0 bridgehead atoms. The minimum absolute atomic E-state index is 1.17. The van der Waals surface area contributed by atoms with Crippen molar-refractivity contribution in [3.05, 3.63) is 24.5 Å². The average Bonchev–Trinajstić information content (AvgIpc) is 1.69. The van der Waals surface area contributed by atoms with E-state index in [9.17, 15) is 0 Å². The van der Waals surface area contributed by atoms with E-state index >= 15 is 0 Å². The highest BCUT2D eigenvalue weighted by atomic mass is 14.0. The minimum Gasteiger partial charge on any atom is -0.0850 e. The summed E-state index contributed by atoms with van der Waals surface area (Å²) < 4.78 is 0. The highest BCUT2D eigenvalue weighted by Gasteiger charge is 1.96. The molecular weight excluding hydrogens is 84.1 g/mol. The van der Waals surface area contributed by atoms with Gasteiger partial charge in [0.2, 0.25) is 0 Å². The van der Waals surface area contributed by atoms with Crippen LogP contribution in [-0.4, -0.2) is 0 Å². The van der Waals surface area contributed by atoms with E-state index in [1.54, 1.807) is 0 Å². The van der Waals surface area contributed by atoms with Gasteiger partial charge >= 0.3 is 0 Å². The third-order valence-electron chi connectivity index (χ3n) is 1.21. The van der Waals surface area contributed by atoms with Crippen molar-refractivity contribution >= 4 is 0 Å². The molecule has 1 rings (SSSR count). The predicted octanol–water partition coefficient (Wildman–Crippen LogP) is 2.14. The lowest BCUT2D eigenvalue weighted by molar-refractivity contribution is 0.984. The lowest BCUT2D eigenvalue weighted by Crippen LogP contribution is -1.87. The van der Waals surface area contributed by atoms with Crippen molar-refractivity contribution < 1.29 is 0 Å². The zero-order chi connectivity index (χ0) is 5.11. The monoisotopic (exact) mass is 94.1 g/mol. The molecule has 1 aliphatic carbocycles. The molecule has 0 atom stereocenters. The van der Waals surface area contributed by atoms with Gasteiger partial charge in [-0.25, -0.2) is 0 Å². The van der Waals surface area contributed by atoms with Crippen LogP contribution in [-0.2, 0) is 0 Å². The zero-order valence-corrected chi connectivity index (χ0v) is 4.65. The summed E-state index contributed by atoms with van der Waals surface area (Å²) in [5.74, 6) is 0. The van der Waals surface area contributed by atoms with E-state index in [-0.39, 0.29) is 0 Å². The quantitative estimate of drug-likeness (QED) is 0.431. The maximum Gasteiger partial charge on any atom is -0.0138 e. The normalized spacial score (nSPS) is 21.6. The summed E-state index contributed by atoms with van der Waals surface area (Å²) in [5, 5.41) is 0. The van der Waals surface area contributed by atoms with Crippen LogP contribution in [0, 0.1) is 12.8 Å². The number of rotatable bonds is 0. The fraction of sp³-hybridized carbons (Fsp3) is 0.429. The molecule has 0 heteroatoms. The molecule has 0 aromatic rings. The first-order valence-corrected chi connectivity index (χ1v) is 2.71. The molecule has 0 N–H and O–H groups in total. The van der Waals surface area contributed by atoms with E-state index in [0.717, 1.165) is 0 Å². The fourth-order valence-corrected chi connectivity index (χ4v) is 0.718. The number of hydrogen-bond donors (Lipinski definition) is 0. The van der Waals surface area contributed by atoms with Gasteiger partial charge in [-0.15, -0.1) is 0 Å². The molecule has 1 aliphatic rings. The summed E-state index contributed by atoms with van der Waals surface area (Å²) in [6, 6.07) is 0. The molecule has 0 heterocycles. The summed E-state index contributed by atoms with van der Waals surface area (Å²) in [5.41, 5.74) is 1.43. The third kappa shape index (κ3) is 1.34. The first-order chi connectivity index (χ1) is 3.39. The summed E-state index contributed by atoms with van der Waals surface area (Å²) >= 11 is 0. The van der Waals surface area contributed by atoms with Gasteiger partial charge in [0, 0.05) is 0 Å². The standard InChI is InChI=1S/C7H10/c1-7-5-3-2-4-6-7/h2,5-6H,3-4H2,1H3. The lowest BCUT2D eigenvalue weighted by Gasteiger charge is -2.04. The Kier molecular flexibility index (Phi) is 1.50. The van der Waals surface area contributed by atoms with Crippen LogP contribution in [0.3, 0.4) is 0 Å². The topological polar surface area (TPSA) is 0 Å². The molecule has 0 saturated heterocycles. The summed E-state index contributed by atoms with van der Waals surface area (Å²) in [4.78, 5) is 0. The Hall–Kier alpha value is -0.260. The molecule has 0 fully saturated rings. The molecule has 0 unspecified atom stereocenters. The van der Waals surface area contributed by atoms with E-state index in [2.05, 4.69) is 25.8 Å². The Labute approximate surface area is 45.2 Å². The third-order valence-corrected chi connectivity index (χ3v) is 1.21. The van der Waals surface area contributed by atoms with Gasteiger partial charge in [0.15, 0.2) is 0 Å². The molecule has 0 nitrogen and oxygen atoms in total. The van der Waals surface area contributed by atoms with Crippen LogP contribution in [0.1, 0.15) is 19.8 Å². The highest BCUT2D eigenvalue weighted by Crippen LogP contribution is 2.13. The van der Waals surface area contributed by atoms with Crippen LogP contribution in [0.5, 0.6) is 0 Å². The second-order valence-corrected chi connectivity index (χ2v) is 1.91. The maximum absolute atomic E-state index is 2.27.